The molecule has 3 N–H and O–H groups in total. The van der Waals surface area contributed by atoms with Gasteiger partial charge in [0.15, 0.2) is 0 Å². The third-order valence-electron chi connectivity index (χ3n) is 3.29. The molecule has 7 nitrogen and oxygen atoms in total. The lowest BCUT2D eigenvalue weighted by Crippen LogP contribution is -2.25. The summed E-state index contributed by atoms with van der Waals surface area (Å²) in [5.74, 6) is 0. The number of nitrogens with two attached hydrogens (primary N) is 1. The minimum Gasteiger partial charge on any atom is -0.349 e. The van der Waals surface area contributed by atoms with Gasteiger partial charge in [-0.1, -0.05) is 0 Å². The lowest BCUT2D eigenvalue weighted by molar-refractivity contribution is 0.581. The molecule has 2 heterocycles. The van der Waals surface area contributed by atoms with E-state index in [9.17, 15) is 8.42 Å². The van der Waals surface area contributed by atoms with Gasteiger partial charge in [0, 0.05) is 44.8 Å². The number of rotatable bonds is 7. The maximum absolute atomic E-state index is 12.2. The third-order valence-corrected chi connectivity index (χ3v) is 4.71. The predicted octanol–water partition coefficient (Wildman–Crippen LogP) is 0.221. The summed E-state index contributed by atoms with van der Waals surface area (Å²) < 4.78 is 30.6. The van der Waals surface area contributed by atoms with Crippen molar-refractivity contribution >= 4 is 10.0 Å². The molecular formula is C13H21N5O2S. The van der Waals surface area contributed by atoms with Crippen molar-refractivity contribution in [1.82, 2.24) is 19.1 Å². The van der Waals surface area contributed by atoms with Crippen molar-refractivity contribution in [3.63, 3.8) is 0 Å². The van der Waals surface area contributed by atoms with Crippen LogP contribution in [-0.4, -0.2) is 29.3 Å². The first-order valence-corrected chi connectivity index (χ1v) is 8.31. The van der Waals surface area contributed by atoms with E-state index in [-0.39, 0.29) is 4.90 Å². The molecule has 2 aromatic rings. The maximum atomic E-state index is 12.2. The number of nitrogens with one attached hydrogen (secondary N) is 1. The van der Waals surface area contributed by atoms with Gasteiger partial charge >= 0.3 is 0 Å². The molecule has 0 fully saturated rings. The summed E-state index contributed by atoms with van der Waals surface area (Å²) in [4.78, 5) is 0.260. The first-order valence-electron chi connectivity index (χ1n) is 6.82. The van der Waals surface area contributed by atoms with Crippen LogP contribution in [0.25, 0.3) is 0 Å². The van der Waals surface area contributed by atoms with E-state index in [4.69, 9.17) is 5.73 Å². The Hall–Kier alpha value is -1.64. The van der Waals surface area contributed by atoms with Gasteiger partial charge in [-0.2, -0.15) is 5.10 Å². The molecule has 0 amide bonds. The monoisotopic (exact) mass is 311 g/mol. The Morgan fingerprint density at radius 1 is 1.38 bits per heavy atom. The molecule has 0 aliphatic rings. The molecule has 0 radical (unpaired) electrons. The summed E-state index contributed by atoms with van der Waals surface area (Å²) in [6.07, 6.45) is 5.82. The lowest BCUT2D eigenvalue weighted by Gasteiger charge is -2.04. The number of sulfonamides is 1. The van der Waals surface area contributed by atoms with Crippen LogP contribution in [0.1, 0.15) is 18.2 Å². The van der Waals surface area contributed by atoms with Gasteiger partial charge in [-0.15, -0.1) is 0 Å². The zero-order chi connectivity index (χ0) is 15.5. The Bertz CT molecular complexity index is 680. The van der Waals surface area contributed by atoms with E-state index in [0.717, 1.165) is 11.3 Å². The molecule has 8 heteroatoms. The van der Waals surface area contributed by atoms with E-state index in [0.29, 0.717) is 26.1 Å². The van der Waals surface area contributed by atoms with E-state index in [1.807, 2.05) is 24.7 Å². The van der Waals surface area contributed by atoms with Crippen LogP contribution in [0.5, 0.6) is 0 Å². The van der Waals surface area contributed by atoms with Crippen LogP contribution >= 0.6 is 0 Å². The molecule has 0 aliphatic carbocycles. The van der Waals surface area contributed by atoms with Gasteiger partial charge in [0.05, 0.1) is 11.1 Å². The summed E-state index contributed by atoms with van der Waals surface area (Å²) in [5, 5.41) is 4.05. The standard InChI is InChI=1S/C13H21N5O2S/c1-3-18-10-13(6-12(18)7-14)21(19,20)16-5-4-11-8-15-17(2)9-11/h6,8-10,16H,3-5,7,14H2,1-2H3. The van der Waals surface area contributed by atoms with Gasteiger partial charge in [-0.25, -0.2) is 13.1 Å². The van der Waals surface area contributed by atoms with Gasteiger partial charge in [-0.05, 0) is 25.0 Å². The van der Waals surface area contributed by atoms with Crippen molar-refractivity contribution in [3.8, 4) is 0 Å². The van der Waals surface area contributed by atoms with Crippen LogP contribution in [0.3, 0.4) is 0 Å². The largest absolute Gasteiger partial charge is 0.349 e. The van der Waals surface area contributed by atoms with Crippen molar-refractivity contribution in [2.75, 3.05) is 6.54 Å². The Labute approximate surface area is 124 Å². The van der Waals surface area contributed by atoms with Crippen molar-refractivity contribution in [2.45, 2.75) is 31.3 Å². The highest BCUT2D eigenvalue weighted by Gasteiger charge is 2.17. The third kappa shape index (κ3) is 3.72. The molecule has 0 unspecified atom stereocenters. The summed E-state index contributed by atoms with van der Waals surface area (Å²) in [6, 6.07) is 1.62. The molecule has 21 heavy (non-hydrogen) atoms. The van der Waals surface area contributed by atoms with E-state index in [2.05, 4.69) is 9.82 Å². The Morgan fingerprint density at radius 2 is 2.14 bits per heavy atom. The lowest BCUT2D eigenvalue weighted by atomic mass is 10.3. The molecule has 0 atom stereocenters. The van der Waals surface area contributed by atoms with Crippen LogP contribution < -0.4 is 10.5 Å². The fraction of sp³-hybridized carbons (Fsp3) is 0.462. The molecule has 0 aromatic carbocycles. The number of aryl methyl sites for hydroxylation is 2. The Morgan fingerprint density at radius 3 is 2.67 bits per heavy atom. The Balaban J connectivity index is 2.02. The molecule has 0 spiro atoms. The van der Waals surface area contributed by atoms with Crippen LogP contribution in [-0.2, 0) is 36.6 Å². The molecule has 2 aromatic heterocycles. The normalized spacial score (nSPS) is 12.0. The summed E-state index contributed by atoms with van der Waals surface area (Å²) in [5.41, 5.74) is 7.42. The van der Waals surface area contributed by atoms with E-state index in [1.165, 1.54) is 0 Å². The average molecular weight is 311 g/mol. The molecular weight excluding hydrogens is 290 g/mol. The average Bonchev–Trinajstić information content (AvgIpc) is 3.04. The first kappa shape index (κ1) is 15.7. The topological polar surface area (TPSA) is 94.9 Å². The fourth-order valence-electron chi connectivity index (χ4n) is 2.15. The Kier molecular flexibility index (Phi) is 4.81. The van der Waals surface area contributed by atoms with Gasteiger partial charge in [-0.3, -0.25) is 4.68 Å². The zero-order valence-corrected chi connectivity index (χ0v) is 13.1. The number of hydrogen-bond acceptors (Lipinski definition) is 4. The van der Waals surface area contributed by atoms with Crippen molar-refractivity contribution in [1.29, 1.82) is 0 Å². The molecule has 2 rings (SSSR count). The summed E-state index contributed by atoms with van der Waals surface area (Å²) in [6.45, 7) is 3.30. The number of nitrogens with zero attached hydrogens (tertiary/aromatic N) is 3. The van der Waals surface area contributed by atoms with Crippen LogP contribution in [0.2, 0.25) is 0 Å². The quantitative estimate of drug-likeness (QED) is 0.765. The van der Waals surface area contributed by atoms with Gasteiger partial charge < -0.3 is 10.3 Å². The number of aromatic nitrogens is 3. The smallest absolute Gasteiger partial charge is 0.242 e. The van der Waals surface area contributed by atoms with Gasteiger partial charge in [0.1, 0.15) is 0 Å². The maximum Gasteiger partial charge on any atom is 0.242 e. The highest BCUT2D eigenvalue weighted by molar-refractivity contribution is 7.89. The summed E-state index contributed by atoms with van der Waals surface area (Å²) in [7, 11) is -1.67. The second-order valence-corrected chi connectivity index (χ2v) is 6.59. The van der Waals surface area contributed by atoms with Crippen molar-refractivity contribution in [3.05, 3.63) is 35.9 Å². The van der Waals surface area contributed by atoms with Crippen molar-refractivity contribution in [2.24, 2.45) is 12.8 Å². The zero-order valence-electron chi connectivity index (χ0n) is 12.3. The van der Waals surface area contributed by atoms with E-state index < -0.39 is 10.0 Å². The number of hydrogen-bond donors (Lipinski definition) is 2. The van der Waals surface area contributed by atoms with Crippen molar-refractivity contribution < 1.29 is 8.42 Å². The van der Waals surface area contributed by atoms with Crippen LogP contribution in [0, 0.1) is 0 Å². The molecule has 0 saturated heterocycles. The molecule has 0 bridgehead atoms. The van der Waals surface area contributed by atoms with E-state index >= 15 is 0 Å². The molecule has 0 saturated carbocycles. The van der Waals surface area contributed by atoms with Crippen LogP contribution in [0.15, 0.2) is 29.6 Å². The second-order valence-electron chi connectivity index (χ2n) is 4.83. The predicted molar refractivity (Wildman–Crippen MR) is 80.1 cm³/mol. The highest BCUT2D eigenvalue weighted by Crippen LogP contribution is 2.14. The second kappa shape index (κ2) is 6.42. The SMILES string of the molecule is CCn1cc(S(=O)(=O)NCCc2cnn(C)c2)cc1CN. The van der Waals surface area contributed by atoms with Gasteiger partial charge in [0.2, 0.25) is 10.0 Å². The molecule has 116 valence electrons. The van der Waals surface area contributed by atoms with Crippen LogP contribution in [0.4, 0.5) is 0 Å². The minimum atomic E-state index is -3.50. The molecule has 0 aliphatic heterocycles. The summed E-state index contributed by atoms with van der Waals surface area (Å²) >= 11 is 0. The van der Waals surface area contributed by atoms with Gasteiger partial charge in [0.25, 0.3) is 0 Å². The minimum absolute atomic E-state index is 0.260. The highest BCUT2D eigenvalue weighted by atomic mass is 32.2. The van der Waals surface area contributed by atoms with E-state index in [1.54, 1.807) is 23.1 Å². The fourth-order valence-corrected chi connectivity index (χ4v) is 3.25. The first-order chi connectivity index (χ1) is 9.96.